The molecule has 0 radical (unpaired) electrons. The summed E-state index contributed by atoms with van der Waals surface area (Å²) >= 11 is 0. The third-order valence-corrected chi connectivity index (χ3v) is 3.83. The zero-order chi connectivity index (χ0) is 17.5. The summed E-state index contributed by atoms with van der Waals surface area (Å²) in [5, 5.41) is 2.79. The second-order valence-electron chi connectivity index (χ2n) is 5.58. The molecule has 1 N–H and O–H groups in total. The maximum atomic E-state index is 12.1. The number of carbonyl (C=O) groups excluding carboxylic acids is 3. The Kier molecular flexibility index (Phi) is 6.31. The SMILES string of the molecule is COC(=O)c1ccc(N(CC(=O)NCC2CCCO2)C(C)=O)cc1. The van der Waals surface area contributed by atoms with Gasteiger partial charge in [0.25, 0.3) is 0 Å². The number of carbonyl (C=O) groups is 3. The molecule has 1 aromatic carbocycles. The molecule has 24 heavy (non-hydrogen) atoms. The molecule has 1 heterocycles. The molecule has 0 aromatic heterocycles. The smallest absolute Gasteiger partial charge is 0.337 e. The molecule has 7 nitrogen and oxygen atoms in total. The average molecular weight is 334 g/mol. The number of esters is 1. The van der Waals surface area contributed by atoms with Crippen LogP contribution in [0.15, 0.2) is 24.3 Å². The van der Waals surface area contributed by atoms with Gasteiger partial charge in [-0.1, -0.05) is 0 Å². The molecule has 0 aliphatic carbocycles. The number of amides is 2. The van der Waals surface area contributed by atoms with Crippen LogP contribution in [0.4, 0.5) is 5.69 Å². The van der Waals surface area contributed by atoms with E-state index in [1.807, 2.05) is 0 Å². The molecule has 2 rings (SSSR count). The second-order valence-corrected chi connectivity index (χ2v) is 5.58. The van der Waals surface area contributed by atoms with Crippen molar-refractivity contribution in [3.05, 3.63) is 29.8 Å². The number of rotatable bonds is 6. The quantitative estimate of drug-likeness (QED) is 0.788. The van der Waals surface area contributed by atoms with Gasteiger partial charge in [-0.25, -0.2) is 4.79 Å². The lowest BCUT2D eigenvalue weighted by Crippen LogP contribution is -2.42. The van der Waals surface area contributed by atoms with Gasteiger partial charge in [-0.3, -0.25) is 9.59 Å². The van der Waals surface area contributed by atoms with Crippen molar-refractivity contribution < 1.29 is 23.9 Å². The van der Waals surface area contributed by atoms with Crippen molar-refractivity contribution in [1.29, 1.82) is 0 Å². The number of ether oxygens (including phenoxy) is 2. The third kappa shape index (κ3) is 4.79. The molecule has 0 saturated carbocycles. The first-order valence-electron chi connectivity index (χ1n) is 7.86. The average Bonchev–Trinajstić information content (AvgIpc) is 3.10. The zero-order valence-electron chi connectivity index (χ0n) is 13.9. The van der Waals surface area contributed by atoms with Crippen molar-refractivity contribution >= 4 is 23.5 Å². The van der Waals surface area contributed by atoms with Crippen LogP contribution in [0, 0.1) is 0 Å². The summed E-state index contributed by atoms with van der Waals surface area (Å²) in [4.78, 5) is 36.7. The van der Waals surface area contributed by atoms with Crippen LogP contribution in [-0.2, 0) is 19.1 Å². The highest BCUT2D eigenvalue weighted by molar-refractivity contribution is 5.98. The van der Waals surface area contributed by atoms with Crippen LogP contribution in [0.25, 0.3) is 0 Å². The van der Waals surface area contributed by atoms with Crippen LogP contribution in [-0.4, -0.2) is 50.7 Å². The van der Waals surface area contributed by atoms with Crippen LogP contribution in [0.2, 0.25) is 0 Å². The normalized spacial score (nSPS) is 16.5. The van der Waals surface area contributed by atoms with E-state index in [0.717, 1.165) is 19.4 Å². The van der Waals surface area contributed by atoms with Crippen LogP contribution in [0.5, 0.6) is 0 Å². The molecule has 1 unspecified atom stereocenters. The van der Waals surface area contributed by atoms with E-state index in [0.29, 0.717) is 17.8 Å². The lowest BCUT2D eigenvalue weighted by atomic mass is 10.2. The van der Waals surface area contributed by atoms with E-state index in [9.17, 15) is 14.4 Å². The molecule has 1 fully saturated rings. The molecule has 2 amide bonds. The van der Waals surface area contributed by atoms with Gasteiger partial charge in [0.2, 0.25) is 11.8 Å². The van der Waals surface area contributed by atoms with E-state index in [1.54, 1.807) is 24.3 Å². The van der Waals surface area contributed by atoms with Gasteiger partial charge < -0.3 is 19.7 Å². The fourth-order valence-corrected chi connectivity index (χ4v) is 2.51. The predicted molar refractivity (Wildman–Crippen MR) is 87.8 cm³/mol. The summed E-state index contributed by atoms with van der Waals surface area (Å²) in [5.74, 6) is -0.962. The van der Waals surface area contributed by atoms with Crippen molar-refractivity contribution in [1.82, 2.24) is 5.32 Å². The van der Waals surface area contributed by atoms with Gasteiger partial charge in [0.15, 0.2) is 0 Å². The molecule has 0 bridgehead atoms. The van der Waals surface area contributed by atoms with Crippen molar-refractivity contribution in [2.75, 3.05) is 31.7 Å². The number of nitrogens with zero attached hydrogens (tertiary/aromatic N) is 1. The second kappa shape index (κ2) is 8.44. The number of hydrogen-bond donors (Lipinski definition) is 1. The highest BCUT2D eigenvalue weighted by atomic mass is 16.5. The monoisotopic (exact) mass is 334 g/mol. The van der Waals surface area contributed by atoms with Gasteiger partial charge in [-0.2, -0.15) is 0 Å². The van der Waals surface area contributed by atoms with Crippen LogP contribution >= 0.6 is 0 Å². The van der Waals surface area contributed by atoms with E-state index < -0.39 is 5.97 Å². The Morgan fingerprint density at radius 3 is 2.54 bits per heavy atom. The van der Waals surface area contributed by atoms with Crippen molar-refractivity contribution in [3.8, 4) is 0 Å². The molecule has 130 valence electrons. The topological polar surface area (TPSA) is 84.9 Å². The Morgan fingerprint density at radius 1 is 1.29 bits per heavy atom. The zero-order valence-corrected chi connectivity index (χ0v) is 13.9. The highest BCUT2D eigenvalue weighted by Crippen LogP contribution is 2.16. The lowest BCUT2D eigenvalue weighted by molar-refractivity contribution is -0.123. The third-order valence-electron chi connectivity index (χ3n) is 3.83. The van der Waals surface area contributed by atoms with Gasteiger partial charge >= 0.3 is 5.97 Å². The molecule has 1 aliphatic rings. The summed E-state index contributed by atoms with van der Waals surface area (Å²) in [6.45, 7) is 2.49. The summed E-state index contributed by atoms with van der Waals surface area (Å²) in [6, 6.07) is 6.34. The number of anilines is 1. The summed E-state index contributed by atoms with van der Waals surface area (Å²) in [5.41, 5.74) is 0.926. The molecule has 1 saturated heterocycles. The number of benzene rings is 1. The maximum Gasteiger partial charge on any atom is 0.337 e. The number of methoxy groups -OCH3 is 1. The first-order valence-corrected chi connectivity index (χ1v) is 7.86. The predicted octanol–water partition coefficient (Wildman–Crippen LogP) is 1.12. The first kappa shape index (κ1) is 17.9. The Labute approximate surface area is 140 Å². The summed E-state index contributed by atoms with van der Waals surface area (Å²) in [6.07, 6.45) is 2.00. The minimum atomic E-state index is -0.453. The number of nitrogens with one attached hydrogen (secondary N) is 1. The van der Waals surface area contributed by atoms with E-state index in [1.165, 1.54) is 18.9 Å². The van der Waals surface area contributed by atoms with E-state index in [2.05, 4.69) is 10.1 Å². The Balaban J connectivity index is 1.96. The molecule has 1 aromatic rings. The number of hydrogen-bond acceptors (Lipinski definition) is 5. The van der Waals surface area contributed by atoms with Crippen molar-refractivity contribution in [2.45, 2.75) is 25.9 Å². The molecule has 0 spiro atoms. The van der Waals surface area contributed by atoms with E-state index in [-0.39, 0.29) is 24.5 Å². The summed E-state index contributed by atoms with van der Waals surface area (Å²) < 4.78 is 10.1. The Morgan fingerprint density at radius 2 is 2.00 bits per heavy atom. The lowest BCUT2D eigenvalue weighted by Gasteiger charge is -2.21. The van der Waals surface area contributed by atoms with Gasteiger partial charge in [-0.15, -0.1) is 0 Å². The van der Waals surface area contributed by atoms with Crippen molar-refractivity contribution in [2.24, 2.45) is 0 Å². The maximum absolute atomic E-state index is 12.1. The molecule has 7 heteroatoms. The van der Waals surface area contributed by atoms with Gasteiger partial charge in [0.1, 0.15) is 6.54 Å². The Hall–Kier alpha value is -2.41. The minimum absolute atomic E-state index is 0.0547. The van der Waals surface area contributed by atoms with Gasteiger partial charge in [0.05, 0.1) is 18.8 Å². The van der Waals surface area contributed by atoms with E-state index in [4.69, 9.17) is 4.74 Å². The van der Waals surface area contributed by atoms with Gasteiger partial charge in [0, 0.05) is 25.8 Å². The Bertz CT molecular complexity index is 594. The standard InChI is InChI=1S/C17H22N2O5/c1-12(20)19(11-16(21)18-10-15-4-3-9-24-15)14-7-5-13(6-8-14)17(22)23-2/h5-8,15H,3-4,9-11H2,1-2H3,(H,18,21). The molecular weight excluding hydrogens is 312 g/mol. The first-order chi connectivity index (χ1) is 11.5. The largest absolute Gasteiger partial charge is 0.465 e. The molecular formula is C17H22N2O5. The van der Waals surface area contributed by atoms with Crippen LogP contribution < -0.4 is 10.2 Å². The minimum Gasteiger partial charge on any atom is -0.465 e. The van der Waals surface area contributed by atoms with Crippen molar-refractivity contribution in [3.63, 3.8) is 0 Å². The molecule has 1 aliphatic heterocycles. The fraction of sp³-hybridized carbons (Fsp3) is 0.471. The summed E-state index contributed by atoms with van der Waals surface area (Å²) in [7, 11) is 1.30. The highest BCUT2D eigenvalue weighted by Gasteiger charge is 2.19. The fourth-order valence-electron chi connectivity index (χ4n) is 2.51. The molecule has 1 atom stereocenters. The van der Waals surface area contributed by atoms with E-state index >= 15 is 0 Å². The van der Waals surface area contributed by atoms with Gasteiger partial charge in [-0.05, 0) is 37.1 Å². The van der Waals surface area contributed by atoms with Crippen LogP contribution in [0.1, 0.15) is 30.1 Å². The van der Waals surface area contributed by atoms with Crippen LogP contribution in [0.3, 0.4) is 0 Å².